The van der Waals surface area contributed by atoms with Gasteiger partial charge in [-0.2, -0.15) is 0 Å². The van der Waals surface area contributed by atoms with E-state index in [2.05, 4.69) is 27.3 Å². The van der Waals surface area contributed by atoms with Crippen molar-refractivity contribution in [1.82, 2.24) is 20.1 Å². The standard InChI is InChI=1S/C27H24N4O5/c32-24-8-7-23(25(33)29-24)31-26(34)20-6-5-18(12-21(20)27(31)35)36-19-9-10-30(15-19)14-16-11-17-3-1-2-4-22(17)28-13-16/h1-6,11-13,19,23H,7-10,14-15H2,(H,29,32,33)/t19-,23?/m1/s1. The SMILES string of the molecule is O=C1CCC(N2C(=O)c3ccc(O[C@@H]4CCN(Cc5cnc6ccccc6c5)C4)cc3C2=O)C(=O)N1. The van der Waals surface area contributed by atoms with E-state index in [1.54, 1.807) is 18.2 Å². The lowest BCUT2D eigenvalue weighted by molar-refractivity contribution is -0.136. The van der Waals surface area contributed by atoms with Gasteiger partial charge in [-0.1, -0.05) is 18.2 Å². The molecule has 2 saturated heterocycles. The first-order valence-electron chi connectivity index (χ1n) is 12.0. The average molecular weight is 485 g/mol. The Hall–Kier alpha value is -4.11. The molecular weight excluding hydrogens is 460 g/mol. The van der Waals surface area contributed by atoms with Crippen LogP contribution in [-0.2, 0) is 16.1 Å². The molecule has 2 fully saturated rings. The number of fused-ring (bicyclic) bond motifs is 2. The quantitative estimate of drug-likeness (QED) is 0.554. The van der Waals surface area contributed by atoms with Gasteiger partial charge in [0, 0.05) is 37.6 Å². The fraction of sp³-hybridized carbons (Fsp3) is 0.296. The number of nitrogens with zero attached hydrogens (tertiary/aromatic N) is 3. The van der Waals surface area contributed by atoms with Gasteiger partial charge in [-0.25, -0.2) is 0 Å². The fourth-order valence-electron chi connectivity index (χ4n) is 5.21. The van der Waals surface area contributed by atoms with Crippen molar-refractivity contribution in [3.8, 4) is 5.75 Å². The third-order valence-electron chi connectivity index (χ3n) is 7.00. The highest BCUT2D eigenvalue weighted by molar-refractivity contribution is 6.23. The highest BCUT2D eigenvalue weighted by atomic mass is 16.5. The van der Waals surface area contributed by atoms with Crippen LogP contribution in [0.2, 0.25) is 0 Å². The predicted octanol–water partition coefficient (Wildman–Crippen LogP) is 2.29. The lowest BCUT2D eigenvalue weighted by Gasteiger charge is -2.27. The summed E-state index contributed by atoms with van der Waals surface area (Å²) in [5.74, 6) is -1.56. The molecule has 1 N–H and O–H groups in total. The molecule has 3 aliphatic rings. The molecule has 1 aromatic heterocycles. The molecule has 3 aromatic rings. The number of carbonyl (C=O) groups is 4. The molecule has 0 spiro atoms. The lowest BCUT2D eigenvalue weighted by atomic mass is 10.0. The second-order valence-corrected chi connectivity index (χ2v) is 9.45. The third kappa shape index (κ3) is 4.01. The summed E-state index contributed by atoms with van der Waals surface area (Å²) in [5, 5.41) is 3.32. The smallest absolute Gasteiger partial charge is 0.262 e. The van der Waals surface area contributed by atoms with Crippen LogP contribution in [0.4, 0.5) is 0 Å². The summed E-state index contributed by atoms with van der Waals surface area (Å²) in [6.07, 6.45) is 2.92. The number of piperidine rings is 1. The van der Waals surface area contributed by atoms with E-state index >= 15 is 0 Å². The second kappa shape index (κ2) is 8.83. The van der Waals surface area contributed by atoms with Gasteiger partial charge >= 0.3 is 0 Å². The van der Waals surface area contributed by atoms with Crippen LogP contribution >= 0.6 is 0 Å². The van der Waals surface area contributed by atoms with Crippen molar-refractivity contribution in [2.75, 3.05) is 13.1 Å². The van der Waals surface area contributed by atoms with Gasteiger partial charge in [-0.3, -0.25) is 39.3 Å². The Bertz CT molecular complexity index is 1420. The lowest BCUT2D eigenvalue weighted by Crippen LogP contribution is -2.54. The van der Waals surface area contributed by atoms with Gasteiger partial charge in [0.25, 0.3) is 11.8 Å². The van der Waals surface area contributed by atoms with E-state index < -0.39 is 29.7 Å². The molecule has 36 heavy (non-hydrogen) atoms. The normalized spacial score (nSPS) is 22.3. The monoisotopic (exact) mass is 484 g/mol. The number of amides is 4. The molecule has 0 radical (unpaired) electrons. The zero-order valence-electron chi connectivity index (χ0n) is 19.5. The largest absolute Gasteiger partial charge is 0.489 e. The van der Waals surface area contributed by atoms with Gasteiger partial charge in [0.1, 0.15) is 17.9 Å². The summed E-state index contributed by atoms with van der Waals surface area (Å²) in [6, 6.07) is 14.1. The Balaban J connectivity index is 1.11. The Kier molecular flexibility index (Phi) is 5.49. The summed E-state index contributed by atoms with van der Waals surface area (Å²) in [5.41, 5.74) is 2.59. The molecule has 4 heterocycles. The van der Waals surface area contributed by atoms with Gasteiger partial charge in [-0.15, -0.1) is 0 Å². The van der Waals surface area contributed by atoms with E-state index in [0.29, 0.717) is 5.75 Å². The maximum atomic E-state index is 13.0. The molecule has 9 heteroatoms. The van der Waals surface area contributed by atoms with Gasteiger partial charge in [0.15, 0.2) is 0 Å². The minimum Gasteiger partial charge on any atom is -0.489 e. The molecule has 3 aliphatic heterocycles. The van der Waals surface area contributed by atoms with Crippen LogP contribution in [-0.4, -0.2) is 63.6 Å². The number of carbonyl (C=O) groups excluding carboxylic acids is 4. The Morgan fingerprint density at radius 1 is 0.972 bits per heavy atom. The maximum Gasteiger partial charge on any atom is 0.262 e. The van der Waals surface area contributed by atoms with Crippen molar-refractivity contribution in [2.24, 2.45) is 0 Å². The van der Waals surface area contributed by atoms with Gasteiger partial charge in [-0.05, 0) is 48.7 Å². The fourth-order valence-corrected chi connectivity index (χ4v) is 5.21. The van der Waals surface area contributed by atoms with Crippen LogP contribution in [0.3, 0.4) is 0 Å². The Labute approximate surface area is 207 Å². The van der Waals surface area contributed by atoms with Crippen LogP contribution in [0.1, 0.15) is 45.5 Å². The number of hydrogen-bond donors (Lipinski definition) is 1. The first-order chi connectivity index (χ1) is 17.5. The van der Waals surface area contributed by atoms with E-state index in [0.717, 1.165) is 47.4 Å². The molecule has 9 nitrogen and oxygen atoms in total. The Morgan fingerprint density at radius 3 is 2.67 bits per heavy atom. The number of imide groups is 2. The highest BCUT2D eigenvalue weighted by Crippen LogP contribution is 2.31. The van der Waals surface area contributed by atoms with Crippen molar-refractivity contribution >= 4 is 34.5 Å². The topological polar surface area (TPSA) is 109 Å². The number of aromatic nitrogens is 1. The number of nitrogens with one attached hydrogen (secondary N) is 1. The number of para-hydroxylation sites is 1. The van der Waals surface area contributed by atoms with Crippen molar-refractivity contribution in [2.45, 2.75) is 38.0 Å². The average Bonchev–Trinajstić information content (AvgIpc) is 3.41. The van der Waals surface area contributed by atoms with Crippen molar-refractivity contribution in [1.29, 1.82) is 0 Å². The van der Waals surface area contributed by atoms with E-state index in [-0.39, 0.29) is 30.1 Å². The minimum absolute atomic E-state index is 0.0464. The molecule has 0 aliphatic carbocycles. The molecule has 182 valence electrons. The molecule has 4 amide bonds. The predicted molar refractivity (Wildman–Crippen MR) is 129 cm³/mol. The molecule has 2 atom stereocenters. The van der Waals surface area contributed by atoms with Crippen LogP contribution < -0.4 is 10.1 Å². The van der Waals surface area contributed by atoms with E-state index in [1.807, 2.05) is 24.4 Å². The number of hydrogen-bond acceptors (Lipinski definition) is 7. The molecule has 6 rings (SSSR count). The van der Waals surface area contributed by atoms with Crippen LogP contribution in [0, 0.1) is 0 Å². The number of likely N-dealkylation sites (tertiary alicyclic amines) is 1. The number of rotatable bonds is 5. The molecule has 0 bridgehead atoms. The van der Waals surface area contributed by atoms with Crippen LogP contribution in [0.5, 0.6) is 5.75 Å². The second-order valence-electron chi connectivity index (χ2n) is 9.45. The molecular formula is C27H24N4O5. The van der Waals surface area contributed by atoms with E-state index in [9.17, 15) is 19.2 Å². The third-order valence-corrected chi connectivity index (χ3v) is 7.00. The maximum absolute atomic E-state index is 13.0. The molecule has 0 saturated carbocycles. The summed E-state index contributed by atoms with van der Waals surface area (Å²) in [6.45, 7) is 2.39. The first kappa shape index (κ1) is 22.4. The summed E-state index contributed by atoms with van der Waals surface area (Å²) in [4.78, 5) is 57.4. The minimum atomic E-state index is -0.979. The zero-order valence-corrected chi connectivity index (χ0v) is 19.5. The van der Waals surface area contributed by atoms with Crippen LogP contribution in [0.25, 0.3) is 10.9 Å². The Morgan fingerprint density at radius 2 is 1.81 bits per heavy atom. The summed E-state index contributed by atoms with van der Waals surface area (Å²) < 4.78 is 6.17. The van der Waals surface area contributed by atoms with Crippen molar-refractivity contribution < 1.29 is 23.9 Å². The number of pyridine rings is 1. The van der Waals surface area contributed by atoms with E-state index in [4.69, 9.17) is 4.74 Å². The zero-order chi connectivity index (χ0) is 24.8. The summed E-state index contributed by atoms with van der Waals surface area (Å²) in [7, 11) is 0. The molecule has 1 unspecified atom stereocenters. The van der Waals surface area contributed by atoms with Gasteiger partial charge < -0.3 is 4.74 Å². The highest BCUT2D eigenvalue weighted by Gasteiger charge is 2.44. The van der Waals surface area contributed by atoms with E-state index in [1.165, 1.54) is 0 Å². The van der Waals surface area contributed by atoms with Crippen molar-refractivity contribution in [3.05, 3.63) is 71.4 Å². The summed E-state index contributed by atoms with van der Waals surface area (Å²) >= 11 is 0. The van der Waals surface area contributed by atoms with Crippen molar-refractivity contribution in [3.63, 3.8) is 0 Å². The molecule has 2 aromatic carbocycles. The van der Waals surface area contributed by atoms with Gasteiger partial charge in [0.2, 0.25) is 11.8 Å². The van der Waals surface area contributed by atoms with Gasteiger partial charge in [0.05, 0.1) is 16.6 Å². The number of ether oxygens (including phenoxy) is 1. The van der Waals surface area contributed by atoms with Crippen LogP contribution in [0.15, 0.2) is 54.7 Å². The number of benzene rings is 2. The first-order valence-corrected chi connectivity index (χ1v) is 12.0.